The minimum Gasteiger partial charge on any atom is -0.505 e. The Labute approximate surface area is 138 Å². The molecular formula is C16H20F2N2O4. The van der Waals surface area contributed by atoms with Crippen molar-refractivity contribution in [3.8, 4) is 5.75 Å². The zero-order valence-corrected chi connectivity index (χ0v) is 13.7. The fraction of sp³-hybridized carbons (Fsp3) is 0.500. The molecule has 1 unspecified atom stereocenters. The first kappa shape index (κ1) is 18.0. The molecule has 1 aliphatic rings. The lowest BCUT2D eigenvalue weighted by molar-refractivity contribution is 0.0501. The van der Waals surface area contributed by atoms with Crippen molar-refractivity contribution in [3.63, 3.8) is 0 Å². The number of alkyl carbamates (subject to hydrolysis) is 1. The fourth-order valence-corrected chi connectivity index (χ4v) is 2.43. The Morgan fingerprint density at radius 2 is 2.00 bits per heavy atom. The molecule has 8 heteroatoms. The summed E-state index contributed by atoms with van der Waals surface area (Å²) < 4.78 is 32.7. The Morgan fingerprint density at radius 1 is 1.33 bits per heavy atom. The number of hydrogen-bond donors (Lipinski definition) is 2. The first-order valence-corrected chi connectivity index (χ1v) is 7.54. The molecule has 0 bridgehead atoms. The van der Waals surface area contributed by atoms with Gasteiger partial charge < -0.3 is 20.1 Å². The summed E-state index contributed by atoms with van der Waals surface area (Å²) in [5.41, 5.74) is -1.45. The smallest absolute Gasteiger partial charge is 0.407 e. The number of benzene rings is 1. The molecule has 0 aliphatic carbocycles. The van der Waals surface area contributed by atoms with E-state index in [1.165, 1.54) is 4.90 Å². The Hall–Kier alpha value is -2.38. The molecule has 1 atom stereocenters. The Morgan fingerprint density at radius 3 is 2.62 bits per heavy atom. The van der Waals surface area contributed by atoms with Crippen molar-refractivity contribution in [2.24, 2.45) is 0 Å². The van der Waals surface area contributed by atoms with Crippen molar-refractivity contribution < 1.29 is 28.2 Å². The molecule has 6 nitrogen and oxygen atoms in total. The number of rotatable bonds is 2. The van der Waals surface area contributed by atoms with Gasteiger partial charge in [0, 0.05) is 13.1 Å². The second-order valence-corrected chi connectivity index (χ2v) is 6.64. The highest BCUT2D eigenvalue weighted by Gasteiger charge is 2.32. The molecule has 1 aliphatic heterocycles. The van der Waals surface area contributed by atoms with Crippen LogP contribution in [0.3, 0.4) is 0 Å². The number of nitrogens with one attached hydrogen (secondary N) is 1. The summed E-state index contributed by atoms with van der Waals surface area (Å²) in [6.07, 6.45) is -0.177. The second kappa shape index (κ2) is 6.62. The van der Waals surface area contributed by atoms with Gasteiger partial charge in [-0.2, -0.15) is 0 Å². The van der Waals surface area contributed by atoms with E-state index < -0.39 is 40.5 Å². The van der Waals surface area contributed by atoms with E-state index in [-0.39, 0.29) is 19.1 Å². The van der Waals surface area contributed by atoms with Gasteiger partial charge in [0.25, 0.3) is 5.91 Å². The number of ether oxygens (including phenoxy) is 1. The first-order chi connectivity index (χ1) is 11.1. The predicted molar refractivity (Wildman–Crippen MR) is 81.7 cm³/mol. The average Bonchev–Trinajstić information content (AvgIpc) is 2.89. The zero-order chi connectivity index (χ0) is 18.1. The lowest BCUT2D eigenvalue weighted by atomic mass is 10.1. The quantitative estimate of drug-likeness (QED) is 0.865. The van der Waals surface area contributed by atoms with E-state index in [9.17, 15) is 23.5 Å². The number of phenolic OH excluding ortho intramolecular Hbond substituents is 1. The number of aromatic hydroxyl groups is 1. The van der Waals surface area contributed by atoms with Gasteiger partial charge in [-0.05, 0) is 39.3 Å². The molecule has 132 valence electrons. The SMILES string of the molecule is CC(C)(C)OC(=O)NC1CCN(C(=O)c2c(F)ccc(O)c2F)C1. The summed E-state index contributed by atoms with van der Waals surface area (Å²) in [4.78, 5) is 25.2. The van der Waals surface area contributed by atoms with E-state index in [0.717, 1.165) is 12.1 Å². The number of carbonyl (C=O) groups excluding carboxylic acids is 2. The Kier molecular flexibility index (Phi) is 4.96. The summed E-state index contributed by atoms with van der Waals surface area (Å²) >= 11 is 0. The number of likely N-dealkylation sites (tertiary alicyclic amines) is 1. The molecule has 0 aromatic heterocycles. The highest BCUT2D eigenvalue weighted by atomic mass is 19.1. The molecule has 1 heterocycles. The maximum atomic E-state index is 13.8. The maximum absolute atomic E-state index is 13.8. The largest absolute Gasteiger partial charge is 0.505 e. The highest BCUT2D eigenvalue weighted by Crippen LogP contribution is 2.24. The normalized spacial score (nSPS) is 17.7. The van der Waals surface area contributed by atoms with Crippen LogP contribution >= 0.6 is 0 Å². The molecule has 1 aromatic carbocycles. The summed E-state index contributed by atoms with van der Waals surface area (Å²) in [7, 11) is 0. The van der Waals surface area contributed by atoms with Crippen LogP contribution in [-0.4, -0.2) is 46.7 Å². The van der Waals surface area contributed by atoms with Crippen LogP contribution in [0, 0.1) is 11.6 Å². The van der Waals surface area contributed by atoms with Gasteiger partial charge in [-0.1, -0.05) is 0 Å². The minimum absolute atomic E-state index is 0.104. The van der Waals surface area contributed by atoms with Gasteiger partial charge in [0.1, 0.15) is 17.0 Å². The molecule has 2 amide bonds. The van der Waals surface area contributed by atoms with Crippen molar-refractivity contribution in [1.29, 1.82) is 0 Å². The highest BCUT2D eigenvalue weighted by molar-refractivity contribution is 5.95. The number of hydrogen-bond acceptors (Lipinski definition) is 4. The Balaban J connectivity index is 2.02. The molecule has 1 fully saturated rings. The molecule has 0 radical (unpaired) electrons. The van der Waals surface area contributed by atoms with Crippen LogP contribution < -0.4 is 5.32 Å². The van der Waals surface area contributed by atoms with Crippen LogP contribution in [0.1, 0.15) is 37.6 Å². The van der Waals surface area contributed by atoms with Crippen LogP contribution in [0.5, 0.6) is 5.75 Å². The van der Waals surface area contributed by atoms with Crippen LogP contribution in [0.15, 0.2) is 12.1 Å². The number of phenols is 1. The van der Waals surface area contributed by atoms with Crippen molar-refractivity contribution in [3.05, 3.63) is 29.3 Å². The van der Waals surface area contributed by atoms with Gasteiger partial charge in [-0.15, -0.1) is 0 Å². The van der Waals surface area contributed by atoms with Crippen LogP contribution in [0.4, 0.5) is 13.6 Å². The Bertz CT molecular complexity index is 658. The van der Waals surface area contributed by atoms with E-state index in [0.29, 0.717) is 6.42 Å². The van der Waals surface area contributed by atoms with Crippen LogP contribution in [0.25, 0.3) is 0 Å². The molecule has 0 spiro atoms. The summed E-state index contributed by atoms with van der Waals surface area (Å²) in [5, 5.41) is 11.9. The van der Waals surface area contributed by atoms with Crippen molar-refractivity contribution in [2.45, 2.75) is 38.8 Å². The summed E-state index contributed by atoms with van der Waals surface area (Å²) in [6, 6.07) is 1.31. The van der Waals surface area contributed by atoms with E-state index in [1.54, 1.807) is 20.8 Å². The topological polar surface area (TPSA) is 78.9 Å². The average molecular weight is 342 g/mol. The second-order valence-electron chi connectivity index (χ2n) is 6.64. The maximum Gasteiger partial charge on any atom is 0.407 e. The molecular weight excluding hydrogens is 322 g/mol. The predicted octanol–water partition coefficient (Wildman–Crippen LogP) is 2.41. The van der Waals surface area contributed by atoms with Crippen molar-refractivity contribution in [1.82, 2.24) is 10.2 Å². The zero-order valence-electron chi connectivity index (χ0n) is 13.7. The van der Waals surface area contributed by atoms with Gasteiger partial charge >= 0.3 is 6.09 Å². The van der Waals surface area contributed by atoms with E-state index in [4.69, 9.17) is 4.74 Å². The first-order valence-electron chi connectivity index (χ1n) is 7.54. The fourth-order valence-electron chi connectivity index (χ4n) is 2.43. The number of nitrogens with zero attached hydrogens (tertiary/aromatic N) is 1. The number of carbonyl (C=O) groups is 2. The molecule has 2 rings (SSSR count). The third-order valence-electron chi connectivity index (χ3n) is 3.48. The summed E-state index contributed by atoms with van der Waals surface area (Å²) in [6.45, 7) is 5.51. The van der Waals surface area contributed by atoms with Crippen LogP contribution in [0.2, 0.25) is 0 Å². The number of amides is 2. The van der Waals surface area contributed by atoms with E-state index in [2.05, 4.69) is 5.32 Å². The molecule has 1 aromatic rings. The molecule has 1 saturated heterocycles. The summed E-state index contributed by atoms with van der Waals surface area (Å²) in [5.74, 6) is -3.99. The third-order valence-corrected chi connectivity index (χ3v) is 3.48. The van der Waals surface area contributed by atoms with Gasteiger partial charge in [0.15, 0.2) is 11.6 Å². The van der Waals surface area contributed by atoms with E-state index in [1.807, 2.05) is 0 Å². The minimum atomic E-state index is -1.29. The lowest BCUT2D eigenvalue weighted by Gasteiger charge is -2.22. The monoisotopic (exact) mass is 342 g/mol. The van der Waals surface area contributed by atoms with Crippen molar-refractivity contribution >= 4 is 12.0 Å². The standard InChI is InChI=1S/C16H20F2N2O4/c1-16(2,3)24-15(23)19-9-6-7-20(8-9)14(22)12-10(17)4-5-11(21)13(12)18/h4-5,9,21H,6-8H2,1-3H3,(H,19,23). The lowest BCUT2D eigenvalue weighted by Crippen LogP contribution is -2.41. The van der Waals surface area contributed by atoms with E-state index >= 15 is 0 Å². The van der Waals surface area contributed by atoms with Gasteiger partial charge in [-0.25, -0.2) is 13.6 Å². The van der Waals surface area contributed by atoms with Crippen LogP contribution in [-0.2, 0) is 4.74 Å². The van der Waals surface area contributed by atoms with Gasteiger partial charge in [0.2, 0.25) is 0 Å². The van der Waals surface area contributed by atoms with Crippen molar-refractivity contribution in [2.75, 3.05) is 13.1 Å². The molecule has 0 saturated carbocycles. The molecule has 2 N–H and O–H groups in total. The third kappa shape index (κ3) is 4.12. The van der Waals surface area contributed by atoms with Gasteiger partial charge in [0.05, 0.1) is 6.04 Å². The van der Waals surface area contributed by atoms with Gasteiger partial charge in [-0.3, -0.25) is 4.79 Å². The number of halogens is 2. The molecule has 24 heavy (non-hydrogen) atoms.